The van der Waals surface area contributed by atoms with E-state index >= 15 is 0 Å². The summed E-state index contributed by atoms with van der Waals surface area (Å²) in [6.07, 6.45) is 2.24. The third-order valence-electron chi connectivity index (χ3n) is 4.61. The van der Waals surface area contributed by atoms with E-state index in [9.17, 15) is 4.79 Å². The summed E-state index contributed by atoms with van der Waals surface area (Å²) in [5.74, 6) is 0.259. The molecule has 0 radical (unpaired) electrons. The van der Waals surface area contributed by atoms with E-state index in [1.165, 1.54) is 5.57 Å². The third-order valence-corrected chi connectivity index (χ3v) is 4.61. The van der Waals surface area contributed by atoms with Gasteiger partial charge in [0.1, 0.15) is 0 Å². The lowest BCUT2D eigenvalue weighted by Crippen LogP contribution is -2.47. The number of hydrogen-bond donors (Lipinski definition) is 1. The highest BCUT2D eigenvalue weighted by molar-refractivity contribution is 5.94. The maximum Gasteiger partial charge on any atom is 0.249 e. The standard InChI is InChI=1S/C15H27N3O/c1-4-17(5-2)14-6-8-18(9-7-14)15(19)12(3)13-10-16-11-13/h14,16H,4-11H2,1-3H3. The lowest BCUT2D eigenvalue weighted by Gasteiger charge is -2.38. The molecule has 2 fully saturated rings. The van der Waals surface area contributed by atoms with Crippen molar-refractivity contribution in [2.45, 2.75) is 39.7 Å². The molecular weight excluding hydrogens is 238 g/mol. The Kier molecular flexibility index (Phi) is 4.99. The molecule has 0 spiro atoms. The zero-order chi connectivity index (χ0) is 13.8. The first-order chi connectivity index (χ1) is 9.17. The minimum Gasteiger partial charge on any atom is -0.339 e. The summed E-state index contributed by atoms with van der Waals surface area (Å²) in [4.78, 5) is 16.9. The van der Waals surface area contributed by atoms with Crippen molar-refractivity contribution in [2.24, 2.45) is 0 Å². The van der Waals surface area contributed by atoms with E-state index in [0.29, 0.717) is 6.04 Å². The van der Waals surface area contributed by atoms with Crippen molar-refractivity contribution in [1.29, 1.82) is 0 Å². The van der Waals surface area contributed by atoms with Crippen LogP contribution in [0.1, 0.15) is 33.6 Å². The van der Waals surface area contributed by atoms with Gasteiger partial charge in [-0.2, -0.15) is 0 Å². The van der Waals surface area contributed by atoms with Gasteiger partial charge in [0.2, 0.25) is 5.91 Å². The fraction of sp³-hybridized carbons (Fsp3) is 0.800. The Morgan fingerprint density at radius 1 is 1.26 bits per heavy atom. The van der Waals surface area contributed by atoms with E-state index in [1.807, 2.05) is 11.8 Å². The Hall–Kier alpha value is -0.870. The highest BCUT2D eigenvalue weighted by atomic mass is 16.2. The van der Waals surface area contributed by atoms with Crippen LogP contribution in [0.5, 0.6) is 0 Å². The second-order valence-corrected chi connectivity index (χ2v) is 5.58. The number of piperidine rings is 1. The zero-order valence-electron chi connectivity index (χ0n) is 12.5. The van der Waals surface area contributed by atoms with Gasteiger partial charge in [-0.05, 0) is 38.4 Å². The Morgan fingerprint density at radius 2 is 1.84 bits per heavy atom. The first-order valence-corrected chi connectivity index (χ1v) is 7.60. The maximum absolute atomic E-state index is 12.4. The number of carbonyl (C=O) groups excluding carboxylic acids is 1. The van der Waals surface area contributed by atoms with Crippen LogP contribution in [-0.4, -0.2) is 61.0 Å². The highest BCUT2D eigenvalue weighted by Gasteiger charge is 2.27. The number of rotatable bonds is 4. The molecule has 2 heterocycles. The lowest BCUT2D eigenvalue weighted by atomic mass is 9.99. The third kappa shape index (κ3) is 3.18. The van der Waals surface area contributed by atoms with Crippen molar-refractivity contribution in [2.75, 3.05) is 39.3 Å². The molecule has 2 aliphatic heterocycles. The second kappa shape index (κ2) is 6.53. The summed E-state index contributed by atoms with van der Waals surface area (Å²) in [6.45, 7) is 12.3. The molecule has 0 unspecified atom stereocenters. The van der Waals surface area contributed by atoms with Crippen LogP contribution < -0.4 is 5.32 Å². The molecule has 2 rings (SSSR count). The number of likely N-dealkylation sites (tertiary alicyclic amines) is 1. The fourth-order valence-electron chi connectivity index (χ4n) is 3.08. The van der Waals surface area contributed by atoms with E-state index in [2.05, 4.69) is 24.1 Å². The number of carbonyl (C=O) groups is 1. The minimum absolute atomic E-state index is 0.259. The van der Waals surface area contributed by atoms with Gasteiger partial charge in [0.25, 0.3) is 0 Å². The van der Waals surface area contributed by atoms with E-state index in [-0.39, 0.29) is 5.91 Å². The summed E-state index contributed by atoms with van der Waals surface area (Å²) in [5, 5.41) is 3.20. The monoisotopic (exact) mass is 265 g/mol. The Balaban J connectivity index is 1.87. The molecule has 4 nitrogen and oxygen atoms in total. The smallest absolute Gasteiger partial charge is 0.249 e. The van der Waals surface area contributed by atoms with Gasteiger partial charge >= 0.3 is 0 Å². The van der Waals surface area contributed by atoms with Gasteiger partial charge in [-0.25, -0.2) is 0 Å². The zero-order valence-corrected chi connectivity index (χ0v) is 12.5. The molecule has 1 N–H and O–H groups in total. The topological polar surface area (TPSA) is 35.6 Å². The molecule has 108 valence electrons. The Morgan fingerprint density at radius 3 is 2.26 bits per heavy atom. The summed E-state index contributed by atoms with van der Waals surface area (Å²) in [5.41, 5.74) is 2.26. The Bertz CT molecular complexity index is 346. The molecule has 0 atom stereocenters. The summed E-state index contributed by atoms with van der Waals surface area (Å²) in [7, 11) is 0. The molecule has 2 aliphatic rings. The molecule has 0 aromatic heterocycles. The highest BCUT2D eigenvalue weighted by Crippen LogP contribution is 2.19. The van der Waals surface area contributed by atoms with Crippen molar-refractivity contribution in [1.82, 2.24) is 15.1 Å². The van der Waals surface area contributed by atoms with Crippen molar-refractivity contribution in [3.05, 3.63) is 11.1 Å². The minimum atomic E-state index is 0.259. The molecule has 0 aliphatic carbocycles. The van der Waals surface area contributed by atoms with Crippen LogP contribution >= 0.6 is 0 Å². The normalized spacial score (nSPS) is 20.6. The first-order valence-electron chi connectivity index (χ1n) is 7.60. The number of amides is 1. The van der Waals surface area contributed by atoms with Crippen molar-refractivity contribution in [3.8, 4) is 0 Å². The van der Waals surface area contributed by atoms with E-state index in [0.717, 1.165) is 57.7 Å². The van der Waals surface area contributed by atoms with Gasteiger partial charge in [-0.1, -0.05) is 13.8 Å². The van der Waals surface area contributed by atoms with Crippen molar-refractivity contribution < 1.29 is 4.79 Å². The van der Waals surface area contributed by atoms with Gasteiger partial charge in [0.15, 0.2) is 0 Å². The van der Waals surface area contributed by atoms with Crippen LogP contribution in [0.15, 0.2) is 11.1 Å². The predicted octanol–water partition coefficient (Wildman–Crippen LogP) is 1.24. The molecule has 4 heteroatoms. The largest absolute Gasteiger partial charge is 0.339 e. The molecule has 2 saturated heterocycles. The molecular formula is C15H27N3O. The average Bonchev–Trinajstić information content (AvgIpc) is 2.38. The Labute approximate surface area is 116 Å². The quantitative estimate of drug-likeness (QED) is 0.777. The van der Waals surface area contributed by atoms with Crippen LogP contribution in [0.2, 0.25) is 0 Å². The second-order valence-electron chi connectivity index (χ2n) is 5.58. The van der Waals surface area contributed by atoms with E-state index < -0.39 is 0 Å². The fourth-order valence-corrected chi connectivity index (χ4v) is 3.08. The molecule has 0 bridgehead atoms. The van der Waals surface area contributed by atoms with Gasteiger partial charge in [-0.3, -0.25) is 4.79 Å². The van der Waals surface area contributed by atoms with Gasteiger partial charge in [0.05, 0.1) is 0 Å². The van der Waals surface area contributed by atoms with Crippen molar-refractivity contribution in [3.63, 3.8) is 0 Å². The van der Waals surface area contributed by atoms with Crippen LogP contribution in [-0.2, 0) is 4.79 Å². The van der Waals surface area contributed by atoms with Gasteiger partial charge in [-0.15, -0.1) is 0 Å². The number of hydrogen-bond acceptors (Lipinski definition) is 3. The summed E-state index contributed by atoms with van der Waals surface area (Å²) < 4.78 is 0. The summed E-state index contributed by atoms with van der Waals surface area (Å²) in [6, 6.07) is 0.664. The van der Waals surface area contributed by atoms with Gasteiger partial charge in [0, 0.05) is 37.8 Å². The van der Waals surface area contributed by atoms with Crippen LogP contribution in [0, 0.1) is 0 Å². The molecule has 1 amide bonds. The molecule has 19 heavy (non-hydrogen) atoms. The average molecular weight is 265 g/mol. The van der Waals surface area contributed by atoms with Crippen molar-refractivity contribution >= 4 is 5.91 Å². The SMILES string of the molecule is CCN(CC)C1CCN(C(=O)C(C)=C2CNC2)CC1. The first kappa shape index (κ1) is 14.5. The molecule has 0 aromatic carbocycles. The number of nitrogens with zero attached hydrogens (tertiary/aromatic N) is 2. The van der Waals surface area contributed by atoms with E-state index in [4.69, 9.17) is 0 Å². The number of nitrogens with one attached hydrogen (secondary N) is 1. The maximum atomic E-state index is 12.4. The van der Waals surface area contributed by atoms with Crippen LogP contribution in [0.4, 0.5) is 0 Å². The van der Waals surface area contributed by atoms with E-state index in [1.54, 1.807) is 0 Å². The predicted molar refractivity (Wildman–Crippen MR) is 78.1 cm³/mol. The lowest BCUT2D eigenvalue weighted by molar-refractivity contribution is -0.128. The van der Waals surface area contributed by atoms with Gasteiger partial charge < -0.3 is 15.1 Å². The molecule has 0 saturated carbocycles. The summed E-state index contributed by atoms with van der Waals surface area (Å²) >= 11 is 0. The molecule has 0 aromatic rings. The van der Waals surface area contributed by atoms with Crippen LogP contribution in [0.25, 0.3) is 0 Å². The van der Waals surface area contributed by atoms with Crippen LogP contribution in [0.3, 0.4) is 0 Å².